The van der Waals surface area contributed by atoms with E-state index in [0.717, 1.165) is 39.1 Å². The Labute approximate surface area is 123 Å². The van der Waals surface area contributed by atoms with Crippen LogP contribution in [0.1, 0.15) is 6.42 Å². The molecule has 0 radical (unpaired) electrons. The zero-order valence-corrected chi connectivity index (χ0v) is 11.9. The molecule has 1 aromatic carbocycles. The number of anilines is 1. The summed E-state index contributed by atoms with van der Waals surface area (Å²) in [4.78, 5) is 15.4. The van der Waals surface area contributed by atoms with Crippen molar-refractivity contribution in [3.63, 3.8) is 0 Å². The number of carbonyl (C=O) groups excluding carboxylic acids is 1. The number of alkyl carbamates (subject to hydrolysis) is 1. The molecular weight excluding hydrogens is 273 g/mol. The third kappa shape index (κ3) is 3.44. The van der Waals surface area contributed by atoms with Crippen molar-refractivity contribution in [3.05, 3.63) is 30.1 Å². The summed E-state index contributed by atoms with van der Waals surface area (Å²) < 4.78 is 18.9. The third-order valence-electron chi connectivity index (χ3n) is 4.08. The van der Waals surface area contributed by atoms with Crippen LogP contribution < -0.4 is 10.2 Å². The lowest BCUT2D eigenvalue weighted by atomic mass is 10.2. The minimum Gasteiger partial charge on any atom is -0.444 e. The first-order valence-electron chi connectivity index (χ1n) is 7.39. The molecule has 1 unspecified atom stereocenters. The van der Waals surface area contributed by atoms with Crippen molar-refractivity contribution >= 4 is 11.8 Å². The molecule has 0 aromatic heterocycles. The molecule has 3 rings (SSSR count). The fourth-order valence-corrected chi connectivity index (χ4v) is 2.84. The first kappa shape index (κ1) is 14.1. The summed E-state index contributed by atoms with van der Waals surface area (Å²) in [7, 11) is 0. The topological polar surface area (TPSA) is 44.8 Å². The van der Waals surface area contributed by atoms with E-state index in [0.29, 0.717) is 12.2 Å². The van der Waals surface area contributed by atoms with Crippen molar-refractivity contribution in [3.8, 4) is 0 Å². The number of cyclic esters (lactones) is 1. The second-order valence-electron chi connectivity index (χ2n) is 5.48. The van der Waals surface area contributed by atoms with Gasteiger partial charge >= 0.3 is 6.09 Å². The number of hydrogen-bond acceptors (Lipinski definition) is 4. The Morgan fingerprint density at radius 2 is 2.00 bits per heavy atom. The van der Waals surface area contributed by atoms with E-state index < -0.39 is 0 Å². The molecule has 0 aliphatic carbocycles. The van der Waals surface area contributed by atoms with Gasteiger partial charge in [-0.3, -0.25) is 4.90 Å². The van der Waals surface area contributed by atoms with Gasteiger partial charge in [0.15, 0.2) is 0 Å². The number of hydrogen-bond donors (Lipinski definition) is 1. The molecule has 21 heavy (non-hydrogen) atoms. The molecule has 1 N–H and O–H groups in total. The van der Waals surface area contributed by atoms with Crippen LogP contribution in [0, 0.1) is 5.82 Å². The second kappa shape index (κ2) is 6.30. The van der Waals surface area contributed by atoms with E-state index >= 15 is 0 Å². The molecule has 1 atom stereocenters. The van der Waals surface area contributed by atoms with Crippen LogP contribution in [0.15, 0.2) is 24.3 Å². The highest BCUT2D eigenvalue weighted by atomic mass is 19.1. The molecule has 114 valence electrons. The van der Waals surface area contributed by atoms with Crippen LogP contribution in [0.5, 0.6) is 0 Å². The van der Waals surface area contributed by atoms with Gasteiger partial charge in [-0.2, -0.15) is 0 Å². The van der Waals surface area contributed by atoms with Gasteiger partial charge in [0.1, 0.15) is 11.9 Å². The second-order valence-corrected chi connectivity index (χ2v) is 5.48. The molecule has 2 fully saturated rings. The van der Waals surface area contributed by atoms with Gasteiger partial charge in [-0.1, -0.05) is 12.1 Å². The Balaban J connectivity index is 1.45. The van der Waals surface area contributed by atoms with Crippen LogP contribution in [0.4, 0.5) is 14.9 Å². The highest BCUT2D eigenvalue weighted by Crippen LogP contribution is 2.20. The van der Waals surface area contributed by atoms with E-state index in [1.807, 2.05) is 12.1 Å². The van der Waals surface area contributed by atoms with Crippen LogP contribution in [-0.4, -0.2) is 56.4 Å². The first-order chi connectivity index (χ1) is 10.2. The van der Waals surface area contributed by atoms with E-state index in [-0.39, 0.29) is 18.0 Å². The number of rotatable bonds is 4. The zero-order chi connectivity index (χ0) is 14.7. The van der Waals surface area contributed by atoms with E-state index in [1.165, 1.54) is 6.07 Å². The minimum absolute atomic E-state index is 0.0119. The summed E-state index contributed by atoms with van der Waals surface area (Å²) in [6.07, 6.45) is 0.518. The Kier molecular flexibility index (Phi) is 4.24. The molecule has 2 aliphatic rings. The molecule has 0 bridgehead atoms. The number of amides is 1. The van der Waals surface area contributed by atoms with Crippen LogP contribution in [0.3, 0.4) is 0 Å². The number of benzene rings is 1. The standard InChI is InChI=1S/C15H20FN3O2/c16-13-3-1-2-4-14(13)19-9-7-18(8-10-19)6-5-12-11-17-15(20)21-12/h1-4,12H,5-11H2,(H,17,20). The van der Waals surface area contributed by atoms with Crippen LogP contribution in [0.2, 0.25) is 0 Å². The average Bonchev–Trinajstić information content (AvgIpc) is 2.92. The van der Waals surface area contributed by atoms with Crippen LogP contribution >= 0.6 is 0 Å². The molecule has 6 heteroatoms. The van der Waals surface area contributed by atoms with E-state index in [1.54, 1.807) is 6.07 Å². The number of halogens is 1. The molecule has 1 amide bonds. The SMILES string of the molecule is O=C1NCC(CCN2CCN(c3ccccc3F)CC2)O1. The summed E-state index contributed by atoms with van der Waals surface area (Å²) >= 11 is 0. The number of para-hydroxylation sites is 1. The average molecular weight is 293 g/mol. The van der Waals surface area contributed by atoms with Gasteiger partial charge in [0.25, 0.3) is 0 Å². The smallest absolute Gasteiger partial charge is 0.407 e. The lowest BCUT2D eigenvalue weighted by Crippen LogP contribution is -2.47. The van der Waals surface area contributed by atoms with Gasteiger partial charge < -0.3 is 15.0 Å². The Morgan fingerprint density at radius 1 is 1.24 bits per heavy atom. The van der Waals surface area contributed by atoms with Crippen molar-refractivity contribution in [1.29, 1.82) is 0 Å². The molecule has 0 saturated carbocycles. The van der Waals surface area contributed by atoms with Gasteiger partial charge in [-0.25, -0.2) is 9.18 Å². The maximum Gasteiger partial charge on any atom is 0.407 e. The Morgan fingerprint density at radius 3 is 2.67 bits per heavy atom. The monoisotopic (exact) mass is 293 g/mol. The highest BCUT2D eigenvalue weighted by Gasteiger charge is 2.24. The predicted octanol–water partition coefficient (Wildman–Crippen LogP) is 1.45. The molecule has 2 heterocycles. The van der Waals surface area contributed by atoms with Gasteiger partial charge in [0.05, 0.1) is 12.2 Å². The van der Waals surface area contributed by atoms with Crippen molar-refractivity contribution in [2.75, 3.05) is 44.2 Å². The molecule has 0 spiro atoms. The third-order valence-corrected chi connectivity index (χ3v) is 4.08. The first-order valence-corrected chi connectivity index (χ1v) is 7.39. The molecule has 5 nitrogen and oxygen atoms in total. The zero-order valence-electron chi connectivity index (χ0n) is 11.9. The molecule has 2 aliphatic heterocycles. The normalized spacial score (nSPS) is 23.0. The molecular formula is C15H20FN3O2. The fraction of sp³-hybridized carbons (Fsp3) is 0.533. The Bertz CT molecular complexity index is 503. The number of nitrogens with zero attached hydrogens (tertiary/aromatic N) is 2. The van der Waals surface area contributed by atoms with Crippen molar-refractivity contribution < 1.29 is 13.9 Å². The van der Waals surface area contributed by atoms with E-state index in [9.17, 15) is 9.18 Å². The van der Waals surface area contributed by atoms with Gasteiger partial charge in [0.2, 0.25) is 0 Å². The lowest BCUT2D eigenvalue weighted by molar-refractivity contribution is 0.124. The lowest BCUT2D eigenvalue weighted by Gasteiger charge is -2.36. The van der Waals surface area contributed by atoms with Crippen molar-refractivity contribution in [1.82, 2.24) is 10.2 Å². The summed E-state index contributed by atoms with van der Waals surface area (Å²) in [6, 6.07) is 6.91. The van der Waals surface area contributed by atoms with Crippen molar-refractivity contribution in [2.45, 2.75) is 12.5 Å². The summed E-state index contributed by atoms with van der Waals surface area (Å²) in [5.41, 5.74) is 0.686. The van der Waals surface area contributed by atoms with Gasteiger partial charge in [-0.15, -0.1) is 0 Å². The minimum atomic E-state index is -0.315. The predicted molar refractivity (Wildman–Crippen MR) is 77.9 cm³/mol. The largest absolute Gasteiger partial charge is 0.444 e. The number of piperazine rings is 1. The quantitative estimate of drug-likeness (QED) is 0.912. The molecule has 1 aromatic rings. The van der Waals surface area contributed by atoms with Crippen LogP contribution in [-0.2, 0) is 4.74 Å². The number of nitrogens with one attached hydrogen (secondary N) is 1. The molecule has 2 saturated heterocycles. The fourth-order valence-electron chi connectivity index (χ4n) is 2.84. The maximum atomic E-state index is 13.7. The number of carbonyl (C=O) groups is 1. The summed E-state index contributed by atoms with van der Waals surface area (Å²) in [6.45, 7) is 4.97. The Hall–Kier alpha value is -1.82. The van der Waals surface area contributed by atoms with Crippen LogP contribution in [0.25, 0.3) is 0 Å². The maximum absolute atomic E-state index is 13.7. The van der Waals surface area contributed by atoms with Gasteiger partial charge in [-0.05, 0) is 18.6 Å². The van der Waals surface area contributed by atoms with E-state index in [2.05, 4.69) is 15.1 Å². The highest BCUT2D eigenvalue weighted by molar-refractivity contribution is 5.69. The van der Waals surface area contributed by atoms with Crippen molar-refractivity contribution in [2.24, 2.45) is 0 Å². The summed E-state index contributed by atoms with van der Waals surface area (Å²) in [5.74, 6) is -0.158. The number of ether oxygens (including phenoxy) is 1. The summed E-state index contributed by atoms with van der Waals surface area (Å²) in [5, 5.41) is 2.66. The van der Waals surface area contributed by atoms with E-state index in [4.69, 9.17) is 4.74 Å². The van der Waals surface area contributed by atoms with Gasteiger partial charge in [0, 0.05) is 32.7 Å².